The lowest BCUT2D eigenvalue weighted by molar-refractivity contribution is -0.132. The highest BCUT2D eigenvalue weighted by Gasteiger charge is 2.31. The maximum Gasteiger partial charge on any atom is 0.249 e. The molecule has 3 rings (SSSR count). The number of amides is 1. The largest absolute Gasteiger partial charge is 0.364 e. The molecule has 2 atom stereocenters. The summed E-state index contributed by atoms with van der Waals surface area (Å²) < 4.78 is 5.71. The number of carbonyl (C=O) groups is 1. The van der Waals surface area contributed by atoms with Crippen LogP contribution in [0, 0.1) is 0 Å². The summed E-state index contributed by atoms with van der Waals surface area (Å²) in [6.45, 7) is 0.463. The van der Waals surface area contributed by atoms with Crippen molar-refractivity contribution in [3.8, 4) is 0 Å². The maximum absolute atomic E-state index is 12.6. The van der Waals surface area contributed by atoms with Gasteiger partial charge in [-0.05, 0) is 24.0 Å². The van der Waals surface area contributed by atoms with Gasteiger partial charge >= 0.3 is 0 Å². The molecule has 1 aliphatic rings. The van der Waals surface area contributed by atoms with Crippen molar-refractivity contribution in [2.45, 2.75) is 31.1 Å². The Labute approximate surface area is 148 Å². The Kier molecular flexibility index (Phi) is 6.79. The van der Waals surface area contributed by atoms with Crippen LogP contribution in [0.5, 0.6) is 0 Å². The standard InChI is InChI=1S/C19H22N2O2.ClH/c20-13-16-11-12-17(23-16)19(22)21-18(14-7-3-1-4-8-14)15-9-5-2-6-10-15;/h1-10,16-18H,11-13,20H2,(H,21,22);1H/t16-,17+;/m1./s1. The SMILES string of the molecule is Cl.NC[C@H]1CC[C@@H](C(=O)NC(c2ccccc2)c2ccccc2)O1. The fourth-order valence-electron chi connectivity index (χ4n) is 2.96. The van der Waals surface area contributed by atoms with Crippen LogP contribution in [-0.2, 0) is 9.53 Å². The van der Waals surface area contributed by atoms with E-state index in [-0.39, 0.29) is 30.5 Å². The normalized spacial score (nSPS) is 19.8. The van der Waals surface area contributed by atoms with Crippen molar-refractivity contribution in [2.75, 3.05) is 6.54 Å². The highest BCUT2D eigenvalue weighted by Crippen LogP contribution is 2.24. The predicted octanol–water partition coefficient (Wildman–Crippen LogP) is 2.82. The Morgan fingerprint density at radius 2 is 1.58 bits per heavy atom. The number of halogens is 1. The van der Waals surface area contributed by atoms with Gasteiger partial charge in [0, 0.05) is 6.54 Å². The summed E-state index contributed by atoms with van der Waals surface area (Å²) in [7, 11) is 0. The lowest BCUT2D eigenvalue weighted by Gasteiger charge is -2.22. The van der Waals surface area contributed by atoms with Crippen LogP contribution in [-0.4, -0.2) is 24.7 Å². The summed E-state index contributed by atoms with van der Waals surface area (Å²) in [5.41, 5.74) is 7.73. The first-order valence-corrected chi connectivity index (χ1v) is 8.03. The Hall–Kier alpha value is -1.88. The summed E-state index contributed by atoms with van der Waals surface area (Å²) in [5, 5.41) is 3.13. The molecule has 0 radical (unpaired) electrons. The molecule has 1 amide bonds. The second-order valence-corrected chi connectivity index (χ2v) is 5.82. The Morgan fingerprint density at radius 3 is 2.04 bits per heavy atom. The second-order valence-electron chi connectivity index (χ2n) is 5.82. The molecule has 5 heteroatoms. The number of hydrogen-bond acceptors (Lipinski definition) is 3. The van der Waals surface area contributed by atoms with E-state index in [1.165, 1.54) is 0 Å². The van der Waals surface area contributed by atoms with Crippen molar-refractivity contribution in [1.29, 1.82) is 0 Å². The molecule has 1 heterocycles. The molecular formula is C19H23ClN2O2. The van der Waals surface area contributed by atoms with Crippen molar-refractivity contribution < 1.29 is 9.53 Å². The predicted molar refractivity (Wildman–Crippen MR) is 97.1 cm³/mol. The molecule has 4 nitrogen and oxygen atoms in total. The van der Waals surface area contributed by atoms with Gasteiger partial charge in [-0.25, -0.2) is 0 Å². The molecule has 1 fully saturated rings. The quantitative estimate of drug-likeness (QED) is 0.875. The number of rotatable bonds is 5. The minimum Gasteiger partial charge on any atom is -0.364 e. The van der Waals surface area contributed by atoms with E-state index in [1.807, 2.05) is 60.7 Å². The highest BCUT2D eigenvalue weighted by molar-refractivity contribution is 5.85. The number of hydrogen-bond donors (Lipinski definition) is 2. The van der Waals surface area contributed by atoms with Crippen molar-refractivity contribution in [3.05, 3.63) is 71.8 Å². The van der Waals surface area contributed by atoms with E-state index >= 15 is 0 Å². The molecular weight excluding hydrogens is 324 g/mol. The number of nitrogens with two attached hydrogens (primary N) is 1. The summed E-state index contributed by atoms with van der Waals surface area (Å²) in [6, 6.07) is 19.8. The first kappa shape index (κ1) is 18.5. The van der Waals surface area contributed by atoms with Gasteiger partial charge in [-0.1, -0.05) is 60.7 Å². The summed E-state index contributed by atoms with van der Waals surface area (Å²) in [6.07, 6.45) is 1.16. The highest BCUT2D eigenvalue weighted by atomic mass is 35.5. The monoisotopic (exact) mass is 346 g/mol. The molecule has 3 N–H and O–H groups in total. The smallest absolute Gasteiger partial charge is 0.249 e. The molecule has 24 heavy (non-hydrogen) atoms. The molecule has 0 aliphatic carbocycles. The van der Waals surface area contributed by atoms with Crippen molar-refractivity contribution in [2.24, 2.45) is 5.73 Å². The van der Waals surface area contributed by atoms with E-state index in [0.717, 1.165) is 24.0 Å². The van der Waals surface area contributed by atoms with Crippen LogP contribution in [0.1, 0.15) is 30.0 Å². The first-order valence-electron chi connectivity index (χ1n) is 8.03. The van der Waals surface area contributed by atoms with E-state index in [4.69, 9.17) is 10.5 Å². The van der Waals surface area contributed by atoms with Crippen LogP contribution < -0.4 is 11.1 Å². The minimum absolute atomic E-state index is 0. The van der Waals surface area contributed by atoms with Crippen LogP contribution in [0.3, 0.4) is 0 Å². The number of ether oxygens (including phenoxy) is 1. The van der Waals surface area contributed by atoms with Crippen molar-refractivity contribution in [3.63, 3.8) is 0 Å². The number of benzene rings is 2. The van der Waals surface area contributed by atoms with Gasteiger partial charge in [0.2, 0.25) is 5.91 Å². The molecule has 128 valence electrons. The lowest BCUT2D eigenvalue weighted by Crippen LogP contribution is -2.38. The topological polar surface area (TPSA) is 64.4 Å². The van der Waals surface area contributed by atoms with Gasteiger partial charge in [-0.2, -0.15) is 0 Å². The van der Waals surface area contributed by atoms with E-state index < -0.39 is 6.10 Å². The Bertz CT molecular complexity index is 597. The Balaban J connectivity index is 0.00000208. The number of carbonyl (C=O) groups excluding carboxylic acids is 1. The third-order valence-corrected chi connectivity index (χ3v) is 4.22. The molecule has 0 aromatic heterocycles. The van der Waals surface area contributed by atoms with Gasteiger partial charge in [-0.15, -0.1) is 12.4 Å². The molecule has 0 saturated carbocycles. The van der Waals surface area contributed by atoms with Crippen molar-refractivity contribution in [1.82, 2.24) is 5.32 Å². The molecule has 2 aromatic rings. The zero-order valence-electron chi connectivity index (χ0n) is 13.4. The summed E-state index contributed by atoms with van der Waals surface area (Å²) in [4.78, 5) is 12.6. The maximum atomic E-state index is 12.6. The third kappa shape index (κ3) is 4.35. The van der Waals surface area contributed by atoms with Gasteiger partial charge < -0.3 is 15.8 Å². The first-order chi connectivity index (χ1) is 11.3. The molecule has 0 spiro atoms. The lowest BCUT2D eigenvalue weighted by atomic mass is 9.98. The minimum atomic E-state index is -0.404. The molecule has 1 aliphatic heterocycles. The second kappa shape index (κ2) is 8.83. The van der Waals surface area contributed by atoms with E-state index in [9.17, 15) is 4.79 Å². The fourth-order valence-corrected chi connectivity index (χ4v) is 2.96. The molecule has 2 aromatic carbocycles. The van der Waals surface area contributed by atoms with Crippen molar-refractivity contribution >= 4 is 18.3 Å². The van der Waals surface area contributed by atoms with Crippen LogP contribution in [0.2, 0.25) is 0 Å². The molecule has 0 bridgehead atoms. The third-order valence-electron chi connectivity index (χ3n) is 4.22. The van der Waals surface area contributed by atoms with E-state index in [1.54, 1.807) is 0 Å². The van der Waals surface area contributed by atoms with Gasteiger partial charge in [0.05, 0.1) is 12.1 Å². The molecule has 0 unspecified atom stereocenters. The van der Waals surface area contributed by atoms with Gasteiger partial charge in [0.25, 0.3) is 0 Å². The Morgan fingerprint density at radius 1 is 1.04 bits per heavy atom. The summed E-state index contributed by atoms with van der Waals surface area (Å²) >= 11 is 0. The van der Waals surface area contributed by atoms with Crippen LogP contribution >= 0.6 is 12.4 Å². The van der Waals surface area contributed by atoms with Gasteiger partial charge in [0.15, 0.2) is 0 Å². The van der Waals surface area contributed by atoms with E-state index in [2.05, 4.69) is 5.32 Å². The van der Waals surface area contributed by atoms with Gasteiger partial charge in [0.1, 0.15) is 6.10 Å². The number of nitrogens with one attached hydrogen (secondary N) is 1. The van der Waals surface area contributed by atoms with Crippen LogP contribution in [0.25, 0.3) is 0 Å². The summed E-state index contributed by atoms with van der Waals surface area (Å²) in [5.74, 6) is -0.0707. The van der Waals surface area contributed by atoms with E-state index in [0.29, 0.717) is 6.54 Å². The van der Waals surface area contributed by atoms with Crippen LogP contribution in [0.15, 0.2) is 60.7 Å². The zero-order chi connectivity index (χ0) is 16.1. The average molecular weight is 347 g/mol. The van der Waals surface area contributed by atoms with Crippen LogP contribution in [0.4, 0.5) is 0 Å². The fraction of sp³-hybridized carbons (Fsp3) is 0.316. The van der Waals surface area contributed by atoms with Gasteiger partial charge in [-0.3, -0.25) is 4.79 Å². The average Bonchev–Trinajstić information content (AvgIpc) is 3.10. The molecule has 1 saturated heterocycles. The zero-order valence-corrected chi connectivity index (χ0v) is 14.2.